The second kappa shape index (κ2) is 53.7. The van der Waals surface area contributed by atoms with Gasteiger partial charge in [0.15, 0.2) is 0 Å². The van der Waals surface area contributed by atoms with E-state index < -0.39 is 114 Å². The second-order valence-electron chi connectivity index (χ2n) is 17.5. The van der Waals surface area contributed by atoms with Crippen LogP contribution in [0.1, 0.15) is 124 Å². The molecule has 0 fully saturated rings. The molecule has 0 saturated heterocycles. The van der Waals surface area contributed by atoms with Crippen LogP contribution in [0.3, 0.4) is 0 Å². The Labute approximate surface area is 612 Å². The van der Waals surface area contributed by atoms with Gasteiger partial charge < -0.3 is 80.6 Å². The molecule has 0 aromatic rings. The number of aliphatic hydroxyl groups excluding tert-OH is 1. The summed E-state index contributed by atoms with van der Waals surface area (Å²) < 4.78 is 128. The Hall–Kier alpha value is 7.05. The van der Waals surface area contributed by atoms with E-state index in [2.05, 4.69) is 41.5 Å². The summed E-state index contributed by atoms with van der Waals surface area (Å²) in [5, 5.41) is 9.02. The summed E-state index contributed by atoms with van der Waals surface area (Å²) in [5.41, 5.74) is -2.69. The standard InChI is InChI=1S/C43H87O23P5.6Y/c1-10-22-42(23-11-2,24-12-3)37-55-30-39(32-60-67(45,46)57-16-7)65-70(51,52)63-35-41(9,34-62-69(49,50)59-29-21-19-18-20-28-44)36-64-71(53,54)66-40(33-61-68(47,48)58-17-8)31-56-38-43(25-13-4,26-14-5)27-15-6;;;;;;/h39-40,44H,1-6,10-38H2,7-9H3,(H,45,46)(H,47,48)(H,49,50)(H,51,52)(H,53,54);;;;;;/q-6;;;;;;. The van der Waals surface area contributed by atoms with Gasteiger partial charge in [-0.15, -0.1) is 0 Å². The maximum atomic E-state index is 13.6. The van der Waals surface area contributed by atoms with Crippen LogP contribution in [0, 0.1) is 57.8 Å². The molecule has 77 heavy (non-hydrogen) atoms. The first-order chi connectivity index (χ1) is 33.2. The largest absolute Gasteiger partial charge is 0.472 e. The van der Waals surface area contributed by atoms with Crippen LogP contribution in [0.15, 0.2) is 0 Å². The molecule has 7 unspecified atom stereocenters. The molecule has 6 N–H and O–H groups in total. The van der Waals surface area contributed by atoms with Gasteiger partial charge in [0, 0.05) is 208 Å². The molecule has 0 aliphatic heterocycles. The Morgan fingerprint density at radius 2 is 0.701 bits per heavy atom. The molecule has 0 spiro atoms. The number of phosphoric ester groups is 5. The number of unbranched alkanes of at least 4 members (excludes halogenated alkanes) is 3. The zero-order valence-electron chi connectivity index (χ0n) is 45.7. The van der Waals surface area contributed by atoms with Crippen molar-refractivity contribution >= 4 is 39.1 Å². The summed E-state index contributed by atoms with van der Waals surface area (Å²) >= 11 is 0. The predicted octanol–water partition coefficient (Wildman–Crippen LogP) is 9.67. The van der Waals surface area contributed by atoms with E-state index in [4.69, 9.17) is 59.8 Å². The van der Waals surface area contributed by atoms with Gasteiger partial charge in [0.25, 0.3) is 0 Å². The molecule has 446 valence electrons. The predicted molar refractivity (Wildman–Crippen MR) is 266 cm³/mol. The normalized spacial score (nSPS) is 17.2. The van der Waals surface area contributed by atoms with Crippen molar-refractivity contribution in [3.63, 3.8) is 0 Å². The minimum Gasteiger partial charge on any atom is -0.396 e. The molecule has 0 bridgehead atoms. The smallest absolute Gasteiger partial charge is 0.396 e. The fraction of sp³-hybridized carbons (Fsp3) is 0.860. The molecular formula is C43H87O23P5Y6-6. The van der Waals surface area contributed by atoms with E-state index in [9.17, 15) is 47.3 Å². The third-order valence-corrected chi connectivity index (χ3v) is 15.8. The summed E-state index contributed by atoms with van der Waals surface area (Å²) in [6.07, 6.45) is 6.24. The number of rotatable bonds is 50. The van der Waals surface area contributed by atoms with Crippen molar-refractivity contribution in [3.8, 4) is 0 Å². The van der Waals surface area contributed by atoms with Crippen molar-refractivity contribution in [1.82, 2.24) is 0 Å². The third-order valence-electron chi connectivity index (χ3n) is 10.7. The van der Waals surface area contributed by atoms with Gasteiger partial charge in [0.2, 0.25) is 0 Å². The van der Waals surface area contributed by atoms with Gasteiger partial charge in [0.05, 0.1) is 79.3 Å². The van der Waals surface area contributed by atoms with Crippen LogP contribution in [0.5, 0.6) is 0 Å². The van der Waals surface area contributed by atoms with Crippen LogP contribution in [0.25, 0.3) is 0 Å². The number of ether oxygens (including phenoxy) is 2. The topological polar surface area (TPSA) is 317 Å². The Kier molecular flexibility index (Phi) is 68.1. The fourth-order valence-corrected chi connectivity index (χ4v) is 11.8. The average Bonchev–Trinajstić information content (AvgIpc) is 3.27. The van der Waals surface area contributed by atoms with E-state index in [1.807, 2.05) is 0 Å². The van der Waals surface area contributed by atoms with Gasteiger partial charge in [-0.25, -0.2) is 22.8 Å². The molecule has 7 atom stereocenters. The fourth-order valence-electron chi connectivity index (χ4n) is 7.28. The van der Waals surface area contributed by atoms with Gasteiger partial charge in [-0.05, 0) is 37.5 Å². The van der Waals surface area contributed by atoms with Crippen molar-refractivity contribution in [2.75, 3.05) is 85.9 Å². The van der Waals surface area contributed by atoms with E-state index in [-0.39, 0.29) is 236 Å². The van der Waals surface area contributed by atoms with E-state index in [0.29, 0.717) is 103 Å². The van der Waals surface area contributed by atoms with Crippen LogP contribution < -0.4 is 0 Å². The van der Waals surface area contributed by atoms with Crippen LogP contribution in [-0.2, 0) is 274 Å². The Balaban J connectivity index is -0.00000163. The molecule has 0 rings (SSSR count). The maximum absolute atomic E-state index is 13.6. The molecule has 0 amide bonds. The first-order valence-electron chi connectivity index (χ1n) is 23.9. The quantitative estimate of drug-likeness (QED) is 0.0187. The molecule has 0 aromatic heterocycles. The molecule has 0 heterocycles. The molecule has 0 aliphatic rings. The molecule has 0 aromatic carbocycles. The SMILES string of the molecule is [CH2-]CCC(CC[CH2-])(CC[CH2-])COCC(COP(=O)(O)OCC)OP(=O)(O)OCC(C)(COP(=O)(O)OCCCCCCO)COP(=O)(O)OC(COCC(CC[CH2-])(CC[CH2-])CC[CH2-])COP(=O)(O)OCC.[Y].[Y].[Y].[Y].[Y].[Y]. The number of hydrogen-bond acceptors (Lipinski definition) is 18. The Morgan fingerprint density at radius 3 is 1.00 bits per heavy atom. The van der Waals surface area contributed by atoms with Crippen molar-refractivity contribution < 1.29 is 303 Å². The van der Waals surface area contributed by atoms with Crippen molar-refractivity contribution in [1.29, 1.82) is 0 Å². The van der Waals surface area contributed by atoms with Crippen molar-refractivity contribution in [3.05, 3.63) is 41.5 Å². The average molecular weight is 1660 g/mol. The van der Waals surface area contributed by atoms with E-state index in [1.165, 1.54) is 20.8 Å². The van der Waals surface area contributed by atoms with Gasteiger partial charge >= 0.3 is 39.1 Å². The summed E-state index contributed by atoms with van der Waals surface area (Å²) in [6.45, 7) is 22.0. The molecule has 0 saturated carbocycles. The molecule has 6 radical (unpaired) electrons. The third kappa shape index (κ3) is 49.4. The van der Waals surface area contributed by atoms with Crippen LogP contribution in [0.4, 0.5) is 0 Å². The van der Waals surface area contributed by atoms with Crippen molar-refractivity contribution in [2.45, 2.75) is 136 Å². The van der Waals surface area contributed by atoms with Gasteiger partial charge in [-0.2, -0.15) is 38.5 Å². The summed E-state index contributed by atoms with van der Waals surface area (Å²) in [7, 11) is -24.7. The summed E-state index contributed by atoms with van der Waals surface area (Å²) in [4.78, 5) is 52.8. The number of aliphatic hydroxyl groups is 1. The van der Waals surface area contributed by atoms with Crippen LogP contribution in [-0.4, -0.2) is 128 Å². The first kappa shape index (κ1) is 97.7. The summed E-state index contributed by atoms with van der Waals surface area (Å²) in [5.74, 6) is 0. The van der Waals surface area contributed by atoms with Gasteiger partial charge in [0.1, 0.15) is 12.2 Å². The molecule has 34 heteroatoms. The second-order valence-corrected chi connectivity index (χ2v) is 24.7. The zero-order valence-corrected chi connectivity index (χ0v) is 67.2. The number of hydrogen-bond donors (Lipinski definition) is 6. The van der Waals surface area contributed by atoms with Gasteiger partial charge in [-0.1, -0.05) is 58.3 Å². The van der Waals surface area contributed by atoms with Crippen LogP contribution in [0.2, 0.25) is 0 Å². The van der Waals surface area contributed by atoms with Crippen LogP contribution >= 0.6 is 39.1 Å². The maximum Gasteiger partial charge on any atom is 0.472 e. The Morgan fingerprint density at radius 1 is 0.403 bits per heavy atom. The monoisotopic (exact) mass is 1660 g/mol. The Bertz CT molecular complexity index is 1530. The van der Waals surface area contributed by atoms with E-state index in [1.54, 1.807) is 0 Å². The van der Waals surface area contributed by atoms with Gasteiger partial charge in [-0.3, -0.25) is 45.2 Å². The van der Waals surface area contributed by atoms with E-state index in [0.717, 1.165) is 0 Å². The number of phosphoric acid groups is 5. The minimum absolute atomic E-state index is 0. The first-order valence-corrected chi connectivity index (χ1v) is 31.4. The van der Waals surface area contributed by atoms with Crippen molar-refractivity contribution in [2.24, 2.45) is 16.2 Å². The minimum atomic E-state index is -5.28. The van der Waals surface area contributed by atoms with E-state index >= 15 is 0 Å². The molecule has 0 aliphatic carbocycles. The molecule has 23 nitrogen and oxygen atoms in total. The summed E-state index contributed by atoms with van der Waals surface area (Å²) in [6, 6.07) is 0. The zero-order chi connectivity index (χ0) is 54.1. The molecular weight excluding hydrogens is 1570 g/mol.